The number of hydrogen-bond donors (Lipinski definition) is 1. The van der Waals surface area contributed by atoms with Crippen LogP contribution in [0, 0.1) is 0 Å². The highest BCUT2D eigenvalue weighted by Crippen LogP contribution is 2.25. The Morgan fingerprint density at radius 3 is 2.50 bits per heavy atom. The lowest BCUT2D eigenvalue weighted by Gasteiger charge is -2.20. The van der Waals surface area contributed by atoms with E-state index in [9.17, 15) is 9.59 Å². The summed E-state index contributed by atoms with van der Waals surface area (Å²) in [7, 11) is 0. The minimum Gasteiger partial charge on any atom is -0.331 e. The molecular weight excluding hydrogens is 344 g/mol. The van der Waals surface area contributed by atoms with E-state index in [1.54, 1.807) is 47.4 Å². The van der Waals surface area contributed by atoms with Gasteiger partial charge in [0.05, 0.1) is 15.6 Å². The second-order valence-electron chi connectivity index (χ2n) is 4.91. The zero-order chi connectivity index (χ0) is 17.5. The van der Waals surface area contributed by atoms with E-state index in [2.05, 4.69) is 18.5 Å². The maximum atomic E-state index is 12.6. The average molecular weight is 361 g/mol. The number of hydrogen-bond acceptors (Lipinski definition) is 3. The number of rotatable bonds is 7. The molecule has 2 rings (SSSR count). The molecular formula is C18H17ClN2O2S. The number of anilines is 1. The molecule has 0 saturated heterocycles. The van der Waals surface area contributed by atoms with Gasteiger partial charge in [-0.15, -0.1) is 24.5 Å². The predicted molar refractivity (Wildman–Crippen MR) is 100 cm³/mol. The monoisotopic (exact) mass is 360 g/mol. The Labute approximate surface area is 150 Å². The Hall–Kier alpha value is -2.37. The molecule has 0 atom stereocenters. The first-order chi connectivity index (χ1) is 11.6. The van der Waals surface area contributed by atoms with Gasteiger partial charge < -0.3 is 10.2 Å². The van der Waals surface area contributed by atoms with E-state index in [1.807, 2.05) is 5.38 Å². The molecule has 0 aliphatic rings. The maximum Gasteiger partial charge on any atom is 0.265 e. The first-order valence-electron chi connectivity index (χ1n) is 7.22. The van der Waals surface area contributed by atoms with Crippen LogP contribution in [0.25, 0.3) is 0 Å². The molecule has 0 fully saturated rings. The van der Waals surface area contributed by atoms with Crippen molar-refractivity contribution in [3.05, 3.63) is 76.5 Å². The van der Waals surface area contributed by atoms with Crippen LogP contribution in [0.5, 0.6) is 0 Å². The molecule has 2 amide bonds. The highest BCUT2D eigenvalue weighted by molar-refractivity contribution is 7.12. The summed E-state index contributed by atoms with van der Waals surface area (Å²) in [6.07, 6.45) is 3.30. The highest BCUT2D eigenvalue weighted by Gasteiger charge is 2.16. The standard InChI is InChI=1S/C18H17ClN2O2S/c1-3-9-21(10-4-2)18(23)13-7-8-14(19)15(12-13)20-17(22)16-6-5-11-24-16/h3-8,11-12H,1-2,9-10H2,(H,20,22). The van der Waals surface area contributed by atoms with Gasteiger partial charge in [0, 0.05) is 18.7 Å². The summed E-state index contributed by atoms with van der Waals surface area (Å²) in [5, 5.41) is 4.93. The van der Waals surface area contributed by atoms with Crippen molar-refractivity contribution >= 4 is 40.4 Å². The molecule has 0 radical (unpaired) electrons. The van der Waals surface area contributed by atoms with Gasteiger partial charge in [0.15, 0.2) is 0 Å². The van der Waals surface area contributed by atoms with Crippen molar-refractivity contribution in [3.63, 3.8) is 0 Å². The summed E-state index contributed by atoms with van der Waals surface area (Å²) >= 11 is 7.47. The van der Waals surface area contributed by atoms with Crippen LogP contribution >= 0.6 is 22.9 Å². The Balaban J connectivity index is 2.24. The number of nitrogens with zero attached hydrogens (tertiary/aromatic N) is 1. The van der Waals surface area contributed by atoms with Gasteiger partial charge in [-0.1, -0.05) is 29.8 Å². The molecule has 124 valence electrons. The minimum atomic E-state index is -0.259. The van der Waals surface area contributed by atoms with Crippen LogP contribution in [-0.2, 0) is 0 Å². The molecule has 1 aromatic heterocycles. The van der Waals surface area contributed by atoms with E-state index in [1.165, 1.54) is 11.3 Å². The Morgan fingerprint density at radius 2 is 1.92 bits per heavy atom. The van der Waals surface area contributed by atoms with Crippen LogP contribution in [0.2, 0.25) is 5.02 Å². The fraction of sp³-hybridized carbons (Fsp3) is 0.111. The molecule has 24 heavy (non-hydrogen) atoms. The van der Waals surface area contributed by atoms with Gasteiger partial charge in [-0.05, 0) is 29.6 Å². The van der Waals surface area contributed by atoms with Gasteiger partial charge in [0.25, 0.3) is 11.8 Å². The van der Waals surface area contributed by atoms with E-state index in [0.717, 1.165) is 0 Å². The van der Waals surface area contributed by atoms with Crippen LogP contribution in [0.15, 0.2) is 61.0 Å². The highest BCUT2D eigenvalue weighted by atomic mass is 35.5. The van der Waals surface area contributed by atoms with Crippen molar-refractivity contribution in [2.75, 3.05) is 18.4 Å². The van der Waals surface area contributed by atoms with Crippen molar-refractivity contribution in [2.45, 2.75) is 0 Å². The van der Waals surface area contributed by atoms with Crippen LogP contribution in [0.4, 0.5) is 5.69 Å². The maximum absolute atomic E-state index is 12.6. The smallest absolute Gasteiger partial charge is 0.265 e. The summed E-state index contributed by atoms with van der Waals surface area (Å²) in [5.41, 5.74) is 0.836. The third-order valence-electron chi connectivity index (χ3n) is 3.19. The van der Waals surface area contributed by atoms with Crippen molar-refractivity contribution in [3.8, 4) is 0 Å². The van der Waals surface area contributed by atoms with Gasteiger partial charge in [-0.2, -0.15) is 0 Å². The van der Waals surface area contributed by atoms with Crippen LogP contribution in [-0.4, -0.2) is 29.8 Å². The molecule has 0 bridgehead atoms. The van der Waals surface area contributed by atoms with E-state index in [4.69, 9.17) is 11.6 Å². The third kappa shape index (κ3) is 4.34. The zero-order valence-electron chi connectivity index (χ0n) is 13.0. The van der Waals surface area contributed by atoms with Gasteiger partial charge in [0.2, 0.25) is 0 Å². The molecule has 1 heterocycles. The zero-order valence-corrected chi connectivity index (χ0v) is 14.6. The van der Waals surface area contributed by atoms with Crippen LogP contribution in [0.1, 0.15) is 20.0 Å². The fourth-order valence-corrected chi connectivity index (χ4v) is 2.86. The first-order valence-corrected chi connectivity index (χ1v) is 8.48. The number of amides is 2. The lowest BCUT2D eigenvalue weighted by molar-refractivity contribution is 0.0790. The van der Waals surface area contributed by atoms with Crippen LogP contribution in [0.3, 0.4) is 0 Å². The first kappa shape index (κ1) is 18.0. The van der Waals surface area contributed by atoms with E-state index >= 15 is 0 Å². The van der Waals surface area contributed by atoms with Gasteiger partial charge in [0.1, 0.15) is 0 Å². The van der Waals surface area contributed by atoms with Crippen molar-refractivity contribution in [2.24, 2.45) is 0 Å². The second kappa shape index (κ2) is 8.47. The van der Waals surface area contributed by atoms with Gasteiger partial charge in [-0.25, -0.2) is 0 Å². The molecule has 1 aromatic carbocycles. The number of benzene rings is 1. The topological polar surface area (TPSA) is 49.4 Å². The Bertz CT molecular complexity index is 746. The SMILES string of the molecule is C=CCN(CC=C)C(=O)c1ccc(Cl)c(NC(=O)c2cccs2)c1. The van der Waals surface area contributed by atoms with Gasteiger partial charge >= 0.3 is 0 Å². The van der Waals surface area contributed by atoms with Crippen molar-refractivity contribution < 1.29 is 9.59 Å². The Kier molecular flexibility index (Phi) is 6.35. The summed E-state index contributed by atoms with van der Waals surface area (Å²) < 4.78 is 0. The third-order valence-corrected chi connectivity index (χ3v) is 4.39. The number of halogens is 1. The summed E-state index contributed by atoms with van der Waals surface area (Å²) in [6.45, 7) is 8.12. The minimum absolute atomic E-state index is 0.182. The van der Waals surface area contributed by atoms with Crippen LogP contribution < -0.4 is 5.32 Å². The second-order valence-corrected chi connectivity index (χ2v) is 6.27. The largest absolute Gasteiger partial charge is 0.331 e. The molecule has 0 saturated carbocycles. The quantitative estimate of drug-likeness (QED) is 0.740. The normalized spacial score (nSPS) is 10.0. The molecule has 1 N–H and O–H groups in total. The lowest BCUT2D eigenvalue weighted by Crippen LogP contribution is -2.31. The molecule has 0 aliphatic heterocycles. The summed E-state index contributed by atoms with van der Waals surface area (Å²) in [5.74, 6) is -0.441. The summed E-state index contributed by atoms with van der Waals surface area (Å²) in [4.78, 5) is 26.9. The van der Waals surface area contributed by atoms with Gasteiger partial charge in [-0.3, -0.25) is 9.59 Å². The number of nitrogens with one attached hydrogen (secondary N) is 1. The number of carbonyl (C=O) groups excluding carboxylic acids is 2. The van der Waals surface area contributed by atoms with E-state index < -0.39 is 0 Å². The van der Waals surface area contributed by atoms with Crippen molar-refractivity contribution in [1.82, 2.24) is 4.90 Å². The number of thiophene rings is 1. The van der Waals surface area contributed by atoms with E-state index in [0.29, 0.717) is 34.2 Å². The molecule has 0 unspecified atom stereocenters. The average Bonchev–Trinajstić information content (AvgIpc) is 3.10. The number of carbonyl (C=O) groups is 2. The molecule has 2 aromatic rings. The molecule has 0 aliphatic carbocycles. The molecule has 4 nitrogen and oxygen atoms in total. The summed E-state index contributed by atoms with van der Waals surface area (Å²) in [6, 6.07) is 8.32. The van der Waals surface area contributed by atoms with Crippen molar-refractivity contribution in [1.29, 1.82) is 0 Å². The fourth-order valence-electron chi connectivity index (χ4n) is 2.08. The van der Waals surface area contributed by atoms with E-state index in [-0.39, 0.29) is 11.8 Å². The molecule has 0 spiro atoms. The predicted octanol–water partition coefficient (Wildman–Crippen LogP) is 4.47. The lowest BCUT2D eigenvalue weighted by atomic mass is 10.1. The Morgan fingerprint density at radius 1 is 1.21 bits per heavy atom. The molecule has 6 heteroatoms.